The highest BCUT2D eigenvalue weighted by Gasteiger charge is 2.26. The maximum atomic E-state index is 13.9. The van der Waals surface area contributed by atoms with Gasteiger partial charge in [0, 0.05) is 42.0 Å². The van der Waals surface area contributed by atoms with Gasteiger partial charge in [0.2, 0.25) is 5.78 Å². The van der Waals surface area contributed by atoms with Gasteiger partial charge in [-0.25, -0.2) is 4.79 Å². The van der Waals surface area contributed by atoms with E-state index in [-0.39, 0.29) is 30.2 Å². The van der Waals surface area contributed by atoms with Gasteiger partial charge in [0.15, 0.2) is 0 Å². The van der Waals surface area contributed by atoms with Crippen molar-refractivity contribution in [2.24, 2.45) is 0 Å². The number of amides is 2. The molecule has 1 fully saturated rings. The van der Waals surface area contributed by atoms with Crippen LogP contribution in [0.5, 0.6) is 0 Å². The summed E-state index contributed by atoms with van der Waals surface area (Å²) in [7, 11) is 1.30. The summed E-state index contributed by atoms with van der Waals surface area (Å²) in [5.41, 5.74) is 4.40. The number of hydrogen-bond acceptors (Lipinski definition) is 5. The van der Waals surface area contributed by atoms with Crippen molar-refractivity contribution in [3.8, 4) is 0 Å². The molecular weight excluding hydrogens is 522 g/mol. The Balaban J connectivity index is 1.62. The quantitative estimate of drug-likeness (QED) is 0.263. The number of carbonyl (C=O) groups is 4. The lowest BCUT2D eigenvalue weighted by Gasteiger charge is -2.30. The number of carbonyl (C=O) groups excluding carboxylic acids is 3. The third kappa shape index (κ3) is 6.61. The van der Waals surface area contributed by atoms with E-state index < -0.39 is 12.1 Å². The number of ketones is 1. The molecule has 0 unspecified atom stereocenters. The fourth-order valence-corrected chi connectivity index (χ4v) is 5.49. The number of aryl methyl sites for hydroxylation is 1. The molecular formula is C32H39N3O6. The molecule has 3 heterocycles. The van der Waals surface area contributed by atoms with Crippen molar-refractivity contribution >= 4 is 29.3 Å². The van der Waals surface area contributed by atoms with Crippen LogP contribution in [0.4, 0.5) is 4.79 Å². The zero-order chi connectivity index (χ0) is 29.7. The number of unbranched alkanes of at least 4 members (excludes halogenated alkanes) is 1. The molecule has 41 heavy (non-hydrogen) atoms. The molecule has 0 spiro atoms. The second-order valence-corrected chi connectivity index (χ2v) is 10.9. The predicted molar refractivity (Wildman–Crippen MR) is 156 cm³/mol. The maximum absolute atomic E-state index is 13.9. The lowest BCUT2D eigenvalue weighted by atomic mass is 9.88. The predicted octanol–water partition coefficient (Wildman–Crippen LogP) is 5.39. The van der Waals surface area contributed by atoms with E-state index in [1.807, 2.05) is 48.6 Å². The van der Waals surface area contributed by atoms with Gasteiger partial charge in [0.1, 0.15) is 6.54 Å². The summed E-state index contributed by atoms with van der Waals surface area (Å²) in [6.45, 7) is 6.69. The molecule has 2 aromatic heterocycles. The van der Waals surface area contributed by atoms with Gasteiger partial charge in [-0.2, -0.15) is 0 Å². The second kappa shape index (κ2) is 13.0. The van der Waals surface area contributed by atoms with Gasteiger partial charge in [0.25, 0.3) is 5.91 Å². The average molecular weight is 562 g/mol. The van der Waals surface area contributed by atoms with Crippen molar-refractivity contribution in [1.29, 1.82) is 0 Å². The SMILES string of the molecule is CCCCc1cc2cc(C(=O)N(CC(=O)OC)C(C)C)ccn2c1C(=O)c1ccc(C2CCN(C(=O)O)CC2)cc1. The number of hydrogen-bond donors (Lipinski definition) is 1. The van der Waals surface area contributed by atoms with Crippen LogP contribution >= 0.6 is 0 Å². The number of likely N-dealkylation sites (tertiary alicyclic amines) is 1. The summed E-state index contributed by atoms with van der Waals surface area (Å²) < 4.78 is 6.62. The van der Waals surface area contributed by atoms with Crippen LogP contribution in [0.15, 0.2) is 48.7 Å². The molecule has 9 heteroatoms. The third-order valence-corrected chi connectivity index (χ3v) is 7.93. The van der Waals surface area contributed by atoms with Gasteiger partial charge in [-0.3, -0.25) is 14.4 Å². The zero-order valence-corrected chi connectivity index (χ0v) is 24.3. The Hall–Kier alpha value is -4.14. The number of benzene rings is 1. The molecule has 0 aliphatic carbocycles. The lowest BCUT2D eigenvalue weighted by Crippen LogP contribution is -2.41. The van der Waals surface area contributed by atoms with Crippen LogP contribution in [0.1, 0.15) is 89.9 Å². The number of pyridine rings is 1. The smallest absolute Gasteiger partial charge is 0.407 e. The number of ether oxygens (including phenoxy) is 1. The number of fused-ring (bicyclic) bond motifs is 1. The van der Waals surface area contributed by atoms with Gasteiger partial charge in [0.05, 0.1) is 12.8 Å². The molecule has 1 aliphatic heterocycles. The topological polar surface area (TPSA) is 109 Å². The molecule has 0 bridgehead atoms. The van der Waals surface area contributed by atoms with Crippen LogP contribution in [0.25, 0.3) is 5.52 Å². The van der Waals surface area contributed by atoms with Crippen molar-refractivity contribution in [2.45, 2.75) is 64.8 Å². The monoisotopic (exact) mass is 561 g/mol. The first-order valence-corrected chi connectivity index (χ1v) is 14.3. The van der Waals surface area contributed by atoms with Gasteiger partial charge in [-0.1, -0.05) is 37.6 Å². The summed E-state index contributed by atoms with van der Waals surface area (Å²) >= 11 is 0. The molecule has 1 saturated heterocycles. The molecule has 0 atom stereocenters. The van der Waals surface area contributed by atoms with Crippen molar-refractivity contribution in [3.63, 3.8) is 0 Å². The van der Waals surface area contributed by atoms with Crippen LogP contribution in [0.3, 0.4) is 0 Å². The van der Waals surface area contributed by atoms with E-state index in [1.165, 1.54) is 16.9 Å². The summed E-state index contributed by atoms with van der Waals surface area (Å²) in [5.74, 6) is -0.578. The largest absolute Gasteiger partial charge is 0.468 e. The van der Waals surface area contributed by atoms with Crippen molar-refractivity contribution < 1.29 is 29.0 Å². The highest BCUT2D eigenvalue weighted by Crippen LogP contribution is 2.29. The zero-order valence-electron chi connectivity index (χ0n) is 24.3. The number of aromatic nitrogens is 1. The van der Waals surface area contributed by atoms with Gasteiger partial charge in [-0.15, -0.1) is 0 Å². The number of rotatable bonds is 10. The van der Waals surface area contributed by atoms with Gasteiger partial charge in [-0.05, 0) is 74.8 Å². The molecule has 0 saturated carbocycles. The number of piperidine rings is 1. The third-order valence-electron chi connectivity index (χ3n) is 7.93. The first-order valence-electron chi connectivity index (χ1n) is 14.3. The number of nitrogens with zero attached hydrogens (tertiary/aromatic N) is 3. The first-order chi connectivity index (χ1) is 19.6. The minimum absolute atomic E-state index is 0.0862. The summed E-state index contributed by atoms with van der Waals surface area (Å²) in [5, 5.41) is 9.21. The highest BCUT2D eigenvalue weighted by atomic mass is 16.5. The lowest BCUT2D eigenvalue weighted by molar-refractivity contribution is -0.141. The Labute approximate surface area is 240 Å². The van der Waals surface area contributed by atoms with Gasteiger partial charge >= 0.3 is 12.1 Å². The normalized spacial score (nSPS) is 13.9. The number of carboxylic acid groups (broad SMARTS) is 1. The van der Waals surface area contributed by atoms with Crippen molar-refractivity contribution in [3.05, 3.63) is 76.6 Å². The van der Waals surface area contributed by atoms with Crippen LogP contribution in [0, 0.1) is 0 Å². The molecule has 1 aromatic carbocycles. The Morgan fingerprint density at radius 2 is 1.71 bits per heavy atom. The summed E-state index contributed by atoms with van der Waals surface area (Å²) in [4.78, 5) is 53.2. The average Bonchev–Trinajstić information content (AvgIpc) is 3.35. The van der Waals surface area contributed by atoms with Crippen LogP contribution in [0.2, 0.25) is 0 Å². The van der Waals surface area contributed by atoms with E-state index in [0.29, 0.717) is 29.9 Å². The summed E-state index contributed by atoms with van der Waals surface area (Å²) in [6, 6.07) is 12.9. The molecule has 1 N–H and O–H groups in total. The van der Waals surface area contributed by atoms with Crippen LogP contribution in [-0.4, -0.2) is 75.8 Å². The Morgan fingerprint density at radius 3 is 2.29 bits per heavy atom. The van der Waals surface area contributed by atoms with E-state index in [1.54, 1.807) is 18.3 Å². The Morgan fingerprint density at radius 1 is 1.02 bits per heavy atom. The molecule has 0 radical (unpaired) electrons. The fourth-order valence-electron chi connectivity index (χ4n) is 5.49. The Bertz CT molecular complexity index is 1420. The molecule has 218 valence electrons. The molecule has 9 nitrogen and oxygen atoms in total. The van der Waals surface area contributed by atoms with E-state index in [2.05, 4.69) is 6.92 Å². The minimum Gasteiger partial charge on any atom is -0.468 e. The molecule has 1 aliphatic rings. The second-order valence-electron chi connectivity index (χ2n) is 10.9. The van der Waals surface area contributed by atoms with E-state index in [4.69, 9.17) is 4.74 Å². The molecule has 3 aromatic rings. The maximum Gasteiger partial charge on any atom is 0.407 e. The fraction of sp³-hybridized carbons (Fsp3) is 0.438. The van der Waals surface area contributed by atoms with Crippen LogP contribution < -0.4 is 0 Å². The van der Waals surface area contributed by atoms with Gasteiger partial charge < -0.3 is 24.0 Å². The van der Waals surface area contributed by atoms with E-state index in [0.717, 1.165) is 48.7 Å². The first kappa shape index (κ1) is 29.8. The molecule has 4 rings (SSSR count). The summed E-state index contributed by atoms with van der Waals surface area (Å²) in [6.07, 6.45) is 5.05. The number of methoxy groups -OCH3 is 1. The van der Waals surface area contributed by atoms with Crippen molar-refractivity contribution in [2.75, 3.05) is 26.7 Å². The van der Waals surface area contributed by atoms with E-state index >= 15 is 0 Å². The van der Waals surface area contributed by atoms with Crippen molar-refractivity contribution in [1.82, 2.24) is 14.2 Å². The number of esters is 1. The van der Waals surface area contributed by atoms with E-state index in [9.17, 15) is 24.3 Å². The molecule has 2 amide bonds. The minimum atomic E-state index is -0.877. The highest BCUT2D eigenvalue weighted by molar-refractivity contribution is 6.10. The standard InChI is InChI=1S/C32H39N3O6/c1-5-6-7-25-18-27-19-26(31(38)35(21(2)3)20-28(36)41-4)14-17-34(27)29(25)30(37)24-10-8-22(9-11-24)23-12-15-33(16-13-23)32(39)40/h8-11,14,17-19,21,23H,5-7,12-13,15-16,20H2,1-4H3,(H,39,40). The Kier molecular flexibility index (Phi) is 9.47. The van der Waals surface area contributed by atoms with Crippen LogP contribution in [-0.2, 0) is 16.0 Å².